The molecule has 0 saturated heterocycles. The lowest BCUT2D eigenvalue weighted by Crippen LogP contribution is -2.39. The number of carbonyl (C=O) groups excluding carboxylic acids is 1. The number of nitrogens with zero attached hydrogens (tertiary/aromatic N) is 1. The zero-order valence-electron chi connectivity index (χ0n) is 13.8. The minimum absolute atomic E-state index is 0.0640. The second-order valence-corrected chi connectivity index (χ2v) is 7.07. The summed E-state index contributed by atoms with van der Waals surface area (Å²) in [6, 6.07) is 12.0. The molecule has 24 heavy (non-hydrogen) atoms. The van der Waals surface area contributed by atoms with E-state index in [-0.39, 0.29) is 11.3 Å². The highest BCUT2D eigenvalue weighted by Gasteiger charge is 2.35. The Morgan fingerprint density at radius 3 is 2.58 bits per heavy atom. The van der Waals surface area contributed by atoms with Crippen LogP contribution < -0.4 is 5.32 Å². The van der Waals surface area contributed by atoms with Gasteiger partial charge in [-0.05, 0) is 48.6 Å². The van der Waals surface area contributed by atoms with Crippen molar-refractivity contribution in [2.75, 3.05) is 6.54 Å². The molecule has 2 aromatic rings. The Labute approximate surface area is 148 Å². The van der Waals surface area contributed by atoms with Crippen molar-refractivity contribution in [2.24, 2.45) is 0 Å². The molecule has 1 amide bonds. The van der Waals surface area contributed by atoms with E-state index < -0.39 is 0 Å². The molecule has 0 bridgehead atoms. The molecule has 1 aromatic carbocycles. The first-order valence-electron chi connectivity index (χ1n) is 8.60. The molecule has 1 aliphatic rings. The predicted octanol–water partition coefficient (Wildman–Crippen LogP) is 4.30. The summed E-state index contributed by atoms with van der Waals surface area (Å²) in [7, 11) is 0. The van der Waals surface area contributed by atoms with Crippen LogP contribution in [-0.2, 0) is 16.6 Å². The van der Waals surface area contributed by atoms with Crippen LogP contribution in [0.1, 0.15) is 43.2 Å². The molecule has 1 saturated carbocycles. The Balaban J connectivity index is 1.58. The Morgan fingerprint density at radius 1 is 1.17 bits per heavy atom. The van der Waals surface area contributed by atoms with Crippen molar-refractivity contribution in [3.63, 3.8) is 0 Å². The number of carbonyl (C=O) groups is 1. The predicted molar refractivity (Wildman–Crippen MR) is 97.2 cm³/mol. The van der Waals surface area contributed by atoms with Gasteiger partial charge < -0.3 is 5.32 Å². The van der Waals surface area contributed by atoms with Crippen molar-refractivity contribution in [3.05, 3.63) is 64.9 Å². The summed E-state index contributed by atoms with van der Waals surface area (Å²) in [5.74, 6) is 0.110. The van der Waals surface area contributed by atoms with E-state index in [4.69, 9.17) is 11.6 Å². The average Bonchev–Trinajstić information content (AvgIpc) is 3.10. The molecule has 0 unspecified atom stereocenters. The summed E-state index contributed by atoms with van der Waals surface area (Å²) in [6.07, 6.45) is 9.48. The molecule has 0 atom stereocenters. The molecule has 3 nitrogen and oxygen atoms in total. The molecule has 1 aromatic heterocycles. The summed E-state index contributed by atoms with van der Waals surface area (Å²) in [4.78, 5) is 16.3. The van der Waals surface area contributed by atoms with Crippen LogP contribution in [0.25, 0.3) is 0 Å². The highest BCUT2D eigenvalue weighted by atomic mass is 35.5. The largest absolute Gasteiger partial charge is 0.355 e. The zero-order chi connectivity index (χ0) is 16.8. The van der Waals surface area contributed by atoms with Crippen molar-refractivity contribution >= 4 is 17.5 Å². The molecule has 1 aliphatic carbocycles. The van der Waals surface area contributed by atoms with E-state index in [9.17, 15) is 4.79 Å². The van der Waals surface area contributed by atoms with Crippen LogP contribution in [0.5, 0.6) is 0 Å². The Morgan fingerprint density at radius 2 is 1.92 bits per heavy atom. The standard InChI is InChI=1S/C20H23ClN2O/c21-18-8-6-17(7-9-18)20(11-1-2-12-20)15-23-19(24)10-5-16-4-3-13-22-14-16/h3-4,6-9,13-14H,1-2,5,10-12,15H2,(H,23,24). The maximum absolute atomic E-state index is 12.2. The normalized spacial score (nSPS) is 16.0. The molecule has 3 rings (SSSR count). The molecule has 1 fully saturated rings. The lowest BCUT2D eigenvalue weighted by Gasteiger charge is -2.30. The number of hydrogen-bond acceptors (Lipinski definition) is 2. The molecule has 1 heterocycles. The van der Waals surface area contributed by atoms with Gasteiger partial charge in [-0.25, -0.2) is 0 Å². The number of rotatable bonds is 6. The van der Waals surface area contributed by atoms with Crippen LogP contribution in [0.4, 0.5) is 0 Å². The fourth-order valence-corrected chi connectivity index (χ4v) is 3.71. The quantitative estimate of drug-likeness (QED) is 0.850. The van der Waals surface area contributed by atoms with Crippen LogP contribution >= 0.6 is 11.6 Å². The van der Waals surface area contributed by atoms with Gasteiger partial charge in [-0.2, -0.15) is 0 Å². The molecule has 0 aliphatic heterocycles. The van der Waals surface area contributed by atoms with Gasteiger partial charge in [0.05, 0.1) is 0 Å². The monoisotopic (exact) mass is 342 g/mol. The minimum atomic E-state index is 0.0640. The van der Waals surface area contributed by atoms with E-state index in [0.717, 1.165) is 29.8 Å². The maximum atomic E-state index is 12.2. The van der Waals surface area contributed by atoms with Gasteiger partial charge in [-0.1, -0.05) is 42.6 Å². The van der Waals surface area contributed by atoms with E-state index in [1.54, 1.807) is 6.20 Å². The summed E-state index contributed by atoms with van der Waals surface area (Å²) in [5.41, 5.74) is 2.45. The number of halogens is 1. The fourth-order valence-electron chi connectivity index (χ4n) is 3.58. The number of aromatic nitrogens is 1. The summed E-state index contributed by atoms with van der Waals surface area (Å²) in [6.45, 7) is 0.709. The Hall–Kier alpha value is -1.87. The third kappa shape index (κ3) is 4.15. The van der Waals surface area contributed by atoms with Crippen LogP contribution in [0.3, 0.4) is 0 Å². The number of aryl methyl sites for hydroxylation is 1. The summed E-state index contributed by atoms with van der Waals surface area (Å²) in [5, 5.41) is 3.91. The lowest BCUT2D eigenvalue weighted by atomic mass is 9.79. The SMILES string of the molecule is O=C(CCc1cccnc1)NCC1(c2ccc(Cl)cc2)CCCC1. The van der Waals surface area contributed by atoms with E-state index >= 15 is 0 Å². The van der Waals surface area contributed by atoms with Crippen LogP contribution in [0.2, 0.25) is 5.02 Å². The third-order valence-corrected chi connectivity index (χ3v) is 5.26. The van der Waals surface area contributed by atoms with Crippen LogP contribution in [0, 0.1) is 0 Å². The molecule has 126 valence electrons. The van der Waals surface area contributed by atoms with Gasteiger partial charge in [0.1, 0.15) is 0 Å². The minimum Gasteiger partial charge on any atom is -0.355 e. The molecular formula is C20H23ClN2O. The lowest BCUT2D eigenvalue weighted by molar-refractivity contribution is -0.121. The third-order valence-electron chi connectivity index (χ3n) is 5.00. The number of benzene rings is 1. The molecule has 0 spiro atoms. The summed E-state index contributed by atoms with van der Waals surface area (Å²) < 4.78 is 0. The first-order chi connectivity index (χ1) is 11.7. The number of pyridine rings is 1. The van der Waals surface area contributed by atoms with Gasteiger partial charge in [0.15, 0.2) is 0 Å². The topological polar surface area (TPSA) is 42.0 Å². The van der Waals surface area contributed by atoms with Gasteiger partial charge in [0, 0.05) is 35.8 Å². The number of hydrogen-bond donors (Lipinski definition) is 1. The Bertz CT molecular complexity index is 664. The average molecular weight is 343 g/mol. The summed E-state index contributed by atoms with van der Waals surface area (Å²) >= 11 is 6.02. The second kappa shape index (κ2) is 7.80. The molecular weight excluding hydrogens is 320 g/mol. The van der Waals surface area contributed by atoms with Crippen molar-refractivity contribution in [3.8, 4) is 0 Å². The Kier molecular flexibility index (Phi) is 5.52. The van der Waals surface area contributed by atoms with Crippen LogP contribution in [-0.4, -0.2) is 17.4 Å². The van der Waals surface area contributed by atoms with Gasteiger partial charge >= 0.3 is 0 Å². The van der Waals surface area contributed by atoms with Gasteiger partial charge in [0.2, 0.25) is 5.91 Å². The number of nitrogens with one attached hydrogen (secondary N) is 1. The number of amides is 1. The van der Waals surface area contributed by atoms with Crippen molar-refractivity contribution < 1.29 is 4.79 Å². The van der Waals surface area contributed by atoms with Crippen molar-refractivity contribution in [1.29, 1.82) is 0 Å². The van der Waals surface area contributed by atoms with Gasteiger partial charge in [-0.3, -0.25) is 9.78 Å². The second-order valence-electron chi connectivity index (χ2n) is 6.63. The van der Waals surface area contributed by atoms with E-state index in [2.05, 4.69) is 22.4 Å². The highest BCUT2D eigenvalue weighted by Crippen LogP contribution is 2.40. The van der Waals surface area contributed by atoms with Crippen molar-refractivity contribution in [1.82, 2.24) is 10.3 Å². The fraction of sp³-hybridized carbons (Fsp3) is 0.400. The smallest absolute Gasteiger partial charge is 0.220 e. The molecule has 1 N–H and O–H groups in total. The van der Waals surface area contributed by atoms with E-state index in [1.165, 1.54) is 18.4 Å². The van der Waals surface area contributed by atoms with E-state index in [1.807, 2.05) is 30.5 Å². The maximum Gasteiger partial charge on any atom is 0.220 e. The van der Waals surface area contributed by atoms with Gasteiger partial charge in [-0.15, -0.1) is 0 Å². The van der Waals surface area contributed by atoms with Crippen molar-refractivity contribution in [2.45, 2.75) is 43.9 Å². The first-order valence-corrected chi connectivity index (χ1v) is 8.97. The zero-order valence-corrected chi connectivity index (χ0v) is 14.6. The first kappa shape index (κ1) is 17.0. The molecule has 0 radical (unpaired) electrons. The van der Waals surface area contributed by atoms with Gasteiger partial charge in [0.25, 0.3) is 0 Å². The molecule has 4 heteroatoms. The van der Waals surface area contributed by atoms with E-state index in [0.29, 0.717) is 13.0 Å². The van der Waals surface area contributed by atoms with Crippen LogP contribution in [0.15, 0.2) is 48.8 Å². The highest BCUT2D eigenvalue weighted by molar-refractivity contribution is 6.30.